The number of hydrogen-bond acceptors (Lipinski definition) is 6. The van der Waals surface area contributed by atoms with E-state index < -0.39 is 0 Å². The Morgan fingerprint density at radius 2 is 2.33 bits per heavy atom. The number of hydrogen-bond donors (Lipinski definition) is 0. The zero-order chi connectivity index (χ0) is 14.7. The van der Waals surface area contributed by atoms with Crippen molar-refractivity contribution in [3.8, 4) is 16.8 Å². The van der Waals surface area contributed by atoms with Gasteiger partial charge in [-0.2, -0.15) is 10.2 Å². The van der Waals surface area contributed by atoms with E-state index in [1.807, 2.05) is 23.6 Å². The maximum Gasteiger partial charge on any atom is 0.236 e. The van der Waals surface area contributed by atoms with Crippen molar-refractivity contribution in [1.82, 2.24) is 15.0 Å². The van der Waals surface area contributed by atoms with Crippen molar-refractivity contribution >= 4 is 17.2 Å². The number of thiophene rings is 1. The summed E-state index contributed by atoms with van der Waals surface area (Å²) in [5.74, 6) is 1.37. The molecule has 0 N–H and O–H groups in total. The van der Waals surface area contributed by atoms with E-state index in [1.54, 1.807) is 16.2 Å². The smallest absolute Gasteiger partial charge is 0.236 e. The van der Waals surface area contributed by atoms with Gasteiger partial charge in [0.1, 0.15) is 6.42 Å². The number of carbonyl (C=O) groups excluding carboxylic acids is 1. The fourth-order valence-corrected chi connectivity index (χ4v) is 3.11. The molecule has 108 valence electrons. The van der Waals surface area contributed by atoms with Crippen LogP contribution in [0.5, 0.6) is 0 Å². The lowest BCUT2D eigenvalue weighted by Crippen LogP contribution is -2.37. The first-order chi connectivity index (χ1) is 10.3. The van der Waals surface area contributed by atoms with Crippen molar-refractivity contribution in [3.05, 3.63) is 23.4 Å². The Hall–Kier alpha value is -2.20. The Kier molecular flexibility index (Phi) is 3.97. The zero-order valence-electron chi connectivity index (χ0n) is 11.4. The summed E-state index contributed by atoms with van der Waals surface area (Å²) < 4.78 is 5.36. The number of aromatic nitrogens is 2. The van der Waals surface area contributed by atoms with Gasteiger partial charge in [0, 0.05) is 19.0 Å². The van der Waals surface area contributed by atoms with Crippen molar-refractivity contribution in [2.24, 2.45) is 0 Å². The van der Waals surface area contributed by atoms with Crippen LogP contribution in [0.25, 0.3) is 10.7 Å². The van der Waals surface area contributed by atoms with Gasteiger partial charge in [-0.25, -0.2) is 0 Å². The average molecular weight is 302 g/mol. The number of amides is 1. The minimum atomic E-state index is -0.0965. The van der Waals surface area contributed by atoms with Gasteiger partial charge in [0.25, 0.3) is 0 Å². The SMILES string of the molecule is N#CCC(=O)N1CCC(c2nc(-c3cccs3)no2)CC1. The molecule has 0 aliphatic carbocycles. The van der Waals surface area contributed by atoms with Crippen LogP contribution in [-0.4, -0.2) is 34.0 Å². The minimum Gasteiger partial charge on any atom is -0.342 e. The molecule has 2 aromatic rings. The van der Waals surface area contributed by atoms with E-state index in [1.165, 1.54) is 0 Å². The molecule has 3 heterocycles. The number of rotatable bonds is 3. The van der Waals surface area contributed by atoms with E-state index in [-0.39, 0.29) is 18.2 Å². The molecule has 1 fully saturated rings. The first-order valence-electron chi connectivity index (χ1n) is 6.80. The highest BCUT2D eigenvalue weighted by atomic mass is 32.1. The Morgan fingerprint density at radius 3 is 3.00 bits per heavy atom. The summed E-state index contributed by atoms with van der Waals surface area (Å²) in [4.78, 5) is 18.8. The first kappa shape index (κ1) is 13.8. The van der Waals surface area contributed by atoms with Crippen LogP contribution in [0.15, 0.2) is 22.0 Å². The average Bonchev–Trinajstić information content (AvgIpc) is 3.19. The van der Waals surface area contributed by atoms with Crippen molar-refractivity contribution < 1.29 is 9.32 Å². The van der Waals surface area contributed by atoms with Crippen LogP contribution in [0.3, 0.4) is 0 Å². The normalized spacial score (nSPS) is 15.9. The summed E-state index contributed by atoms with van der Waals surface area (Å²) in [5.41, 5.74) is 0. The van der Waals surface area contributed by atoms with Crippen molar-refractivity contribution in [1.29, 1.82) is 5.26 Å². The highest BCUT2D eigenvalue weighted by molar-refractivity contribution is 7.13. The van der Waals surface area contributed by atoms with Gasteiger partial charge in [-0.15, -0.1) is 11.3 Å². The summed E-state index contributed by atoms with van der Waals surface area (Å²) in [6, 6.07) is 5.81. The summed E-state index contributed by atoms with van der Waals surface area (Å²) in [6.07, 6.45) is 1.54. The molecule has 2 aromatic heterocycles. The quantitative estimate of drug-likeness (QED) is 0.869. The van der Waals surface area contributed by atoms with Crippen LogP contribution in [0.2, 0.25) is 0 Å². The lowest BCUT2D eigenvalue weighted by atomic mass is 9.96. The molecule has 3 rings (SSSR count). The first-order valence-corrected chi connectivity index (χ1v) is 7.68. The molecule has 0 saturated carbocycles. The molecule has 0 aromatic carbocycles. The van der Waals surface area contributed by atoms with E-state index in [2.05, 4.69) is 10.1 Å². The lowest BCUT2D eigenvalue weighted by molar-refractivity contribution is -0.131. The highest BCUT2D eigenvalue weighted by Crippen LogP contribution is 2.29. The van der Waals surface area contributed by atoms with Crippen LogP contribution in [0.1, 0.15) is 31.1 Å². The monoisotopic (exact) mass is 302 g/mol. The molecule has 1 amide bonds. The third-order valence-corrected chi connectivity index (χ3v) is 4.48. The zero-order valence-corrected chi connectivity index (χ0v) is 12.2. The molecule has 1 saturated heterocycles. The standard InChI is InChI=1S/C14H14N4O2S/c15-6-3-12(19)18-7-4-10(5-8-18)14-16-13(17-20-14)11-2-1-9-21-11/h1-2,9-10H,3-5,7-8H2. The van der Waals surface area contributed by atoms with Gasteiger partial charge in [0.2, 0.25) is 17.6 Å². The number of carbonyl (C=O) groups is 1. The molecule has 1 aliphatic rings. The van der Waals surface area contributed by atoms with Crippen LogP contribution in [0.4, 0.5) is 0 Å². The summed E-state index contributed by atoms with van der Waals surface area (Å²) >= 11 is 1.58. The van der Waals surface area contributed by atoms with Gasteiger partial charge < -0.3 is 9.42 Å². The van der Waals surface area contributed by atoms with Gasteiger partial charge in [-0.3, -0.25) is 4.79 Å². The number of nitrogens with zero attached hydrogens (tertiary/aromatic N) is 4. The topological polar surface area (TPSA) is 83.0 Å². The molecule has 0 atom stereocenters. The molecule has 0 radical (unpaired) electrons. The van der Waals surface area contributed by atoms with Gasteiger partial charge in [-0.1, -0.05) is 11.2 Å². The fourth-order valence-electron chi connectivity index (χ4n) is 2.46. The largest absolute Gasteiger partial charge is 0.342 e. The van der Waals surface area contributed by atoms with Gasteiger partial charge >= 0.3 is 0 Å². The Morgan fingerprint density at radius 1 is 1.52 bits per heavy atom. The fraction of sp³-hybridized carbons (Fsp3) is 0.429. The molecule has 7 heteroatoms. The maximum absolute atomic E-state index is 11.7. The van der Waals surface area contributed by atoms with Crippen LogP contribution >= 0.6 is 11.3 Å². The minimum absolute atomic E-state index is 0.0479. The second-order valence-electron chi connectivity index (χ2n) is 4.92. The molecule has 0 bridgehead atoms. The van der Waals surface area contributed by atoms with Crippen molar-refractivity contribution in [2.75, 3.05) is 13.1 Å². The molecule has 6 nitrogen and oxygen atoms in total. The van der Waals surface area contributed by atoms with Crippen molar-refractivity contribution in [2.45, 2.75) is 25.2 Å². The molecule has 0 spiro atoms. The van der Waals surface area contributed by atoms with E-state index in [0.29, 0.717) is 24.8 Å². The Labute approximate surface area is 126 Å². The lowest BCUT2D eigenvalue weighted by Gasteiger charge is -2.29. The van der Waals surface area contributed by atoms with E-state index in [0.717, 1.165) is 17.7 Å². The second kappa shape index (κ2) is 6.06. The molecular formula is C14H14N4O2S. The van der Waals surface area contributed by atoms with E-state index >= 15 is 0 Å². The Balaban J connectivity index is 1.63. The maximum atomic E-state index is 11.7. The highest BCUT2D eigenvalue weighted by Gasteiger charge is 2.27. The molecule has 21 heavy (non-hydrogen) atoms. The molecule has 0 unspecified atom stereocenters. The van der Waals surface area contributed by atoms with Crippen molar-refractivity contribution in [3.63, 3.8) is 0 Å². The van der Waals surface area contributed by atoms with Gasteiger partial charge in [0.05, 0.1) is 10.9 Å². The molecular weight excluding hydrogens is 288 g/mol. The third kappa shape index (κ3) is 2.95. The summed E-state index contributed by atoms with van der Waals surface area (Å²) in [6.45, 7) is 1.28. The van der Waals surface area contributed by atoms with Crippen LogP contribution < -0.4 is 0 Å². The second-order valence-corrected chi connectivity index (χ2v) is 5.87. The van der Waals surface area contributed by atoms with E-state index in [4.69, 9.17) is 9.78 Å². The van der Waals surface area contributed by atoms with Gasteiger partial charge in [-0.05, 0) is 24.3 Å². The van der Waals surface area contributed by atoms with Crippen LogP contribution in [-0.2, 0) is 4.79 Å². The van der Waals surface area contributed by atoms with Gasteiger partial charge in [0.15, 0.2) is 0 Å². The predicted octanol–water partition coefficient (Wildman–Crippen LogP) is 2.42. The third-order valence-electron chi connectivity index (χ3n) is 3.61. The number of likely N-dealkylation sites (tertiary alicyclic amines) is 1. The predicted molar refractivity (Wildman–Crippen MR) is 76.4 cm³/mol. The molecule has 1 aliphatic heterocycles. The number of piperidine rings is 1. The summed E-state index contributed by atoms with van der Waals surface area (Å²) in [7, 11) is 0. The van der Waals surface area contributed by atoms with Crippen LogP contribution in [0, 0.1) is 11.3 Å². The Bertz CT molecular complexity index is 651. The summed E-state index contributed by atoms with van der Waals surface area (Å²) in [5, 5.41) is 14.6. The number of nitriles is 1. The van der Waals surface area contributed by atoms with E-state index in [9.17, 15) is 4.79 Å².